The lowest BCUT2D eigenvalue weighted by atomic mass is 10.00. The van der Waals surface area contributed by atoms with E-state index in [9.17, 15) is 14.7 Å². The third kappa shape index (κ3) is 4.99. The van der Waals surface area contributed by atoms with E-state index >= 15 is 0 Å². The number of carbonyl (C=O) groups excluding carboxylic acids is 2. The zero-order valence-corrected chi connectivity index (χ0v) is 19.4. The molecule has 4 rings (SSSR count). The molecule has 0 aliphatic carbocycles. The van der Waals surface area contributed by atoms with Crippen LogP contribution in [0.25, 0.3) is 5.76 Å². The standard InChI is InChI=1S/C26H26N2O4S/c1-27(2)14-15-28-23(21-9-6-16-33-21)22(25(30)26(28)31)24(29)19-10-12-20(13-11-19)32-17-18-7-4-3-5-8-18/h3-13,16,23,29H,14-15,17H2,1-2H3/t23-/m0/s1. The number of aliphatic hydroxyl groups is 1. The third-order valence-corrected chi connectivity index (χ3v) is 6.44. The van der Waals surface area contributed by atoms with Crippen molar-refractivity contribution in [2.45, 2.75) is 12.6 Å². The third-order valence-electron chi connectivity index (χ3n) is 5.52. The van der Waals surface area contributed by atoms with Crippen LogP contribution in [0.1, 0.15) is 22.0 Å². The lowest BCUT2D eigenvalue weighted by Gasteiger charge is -2.25. The number of ether oxygens (including phenoxy) is 1. The molecule has 3 aromatic rings. The van der Waals surface area contributed by atoms with E-state index in [1.54, 1.807) is 29.2 Å². The number of benzene rings is 2. The van der Waals surface area contributed by atoms with Gasteiger partial charge in [0.2, 0.25) is 0 Å². The topological polar surface area (TPSA) is 70.1 Å². The van der Waals surface area contributed by atoms with Crippen LogP contribution in [0.3, 0.4) is 0 Å². The number of hydrogen-bond acceptors (Lipinski definition) is 6. The van der Waals surface area contributed by atoms with Crippen molar-refractivity contribution < 1.29 is 19.4 Å². The molecule has 170 valence electrons. The molecule has 6 nitrogen and oxygen atoms in total. The number of aliphatic hydroxyl groups excluding tert-OH is 1. The Hall–Kier alpha value is -3.42. The molecule has 1 aromatic heterocycles. The highest BCUT2D eigenvalue weighted by molar-refractivity contribution is 7.10. The largest absolute Gasteiger partial charge is 0.507 e. The van der Waals surface area contributed by atoms with E-state index in [1.807, 2.05) is 66.8 Å². The fourth-order valence-corrected chi connectivity index (χ4v) is 4.61. The summed E-state index contributed by atoms with van der Waals surface area (Å²) in [6.07, 6.45) is 0. The Bertz CT molecular complexity index is 1140. The van der Waals surface area contributed by atoms with Crippen LogP contribution < -0.4 is 4.74 Å². The van der Waals surface area contributed by atoms with Crippen molar-refractivity contribution in [1.29, 1.82) is 0 Å². The van der Waals surface area contributed by atoms with E-state index < -0.39 is 17.7 Å². The molecule has 7 heteroatoms. The molecule has 0 spiro atoms. The van der Waals surface area contributed by atoms with E-state index in [2.05, 4.69) is 0 Å². The van der Waals surface area contributed by atoms with Crippen molar-refractivity contribution in [2.75, 3.05) is 27.2 Å². The highest BCUT2D eigenvalue weighted by atomic mass is 32.1. The predicted molar refractivity (Wildman–Crippen MR) is 129 cm³/mol. The average molecular weight is 463 g/mol. The summed E-state index contributed by atoms with van der Waals surface area (Å²) in [5.41, 5.74) is 1.64. The summed E-state index contributed by atoms with van der Waals surface area (Å²) in [5, 5.41) is 13.0. The number of hydrogen-bond donors (Lipinski definition) is 1. The normalized spacial score (nSPS) is 17.7. The molecule has 0 unspecified atom stereocenters. The van der Waals surface area contributed by atoms with Gasteiger partial charge in [0, 0.05) is 23.5 Å². The molecule has 1 atom stereocenters. The fraction of sp³-hybridized carbons (Fsp3) is 0.231. The first-order valence-electron chi connectivity index (χ1n) is 10.7. The summed E-state index contributed by atoms with van der Waals surface area (Å²) in [4.78, 5) is 30.2. The molecule has 1 N–H and O–H groups in total. The molecule has 2 heterocycles. The maximum Gasteiger partial charge on any atom is 0.295 e. The molecule has 33 heavy (non-hydrogen) atoms. The van der Waals surface area contributed by atoms with Gasteiger partial charge < -0.3 is 19.6 Å². The molecule has 1 aliphatic rings. The second kappa shape index (κ2) is 10.0. The Morgan fingerprint density at radius 2 is 1.76 bits per heavy atom. The SMILES string of the molecule is CN(C)CCN1C(=O)C(=O)C(=C(O)c2ccc(OCc3ccccc3)cc2)[C@@H]1c1cccs1. The van der Waals surface area contributed by atoms with Crippen LogP contribution in [0, 0.1) is 0 Å². The number of rotatable bonds is 8. The summed E-state index contributed by atoms with van der Waals surface area (Å²) in [6, 6.07) is 19.9. The number of Topliss-reactive ketones (excluding diaryl/α,β-unsaturated/α-hetero) is 1. The van der Waals surface area contributed by atoms with Crippen LogP contribution in [0.5, 0.6) is 5.75 Å². The Morgan fingerprint density at radius 1 is 1.03 bits per heavy atom. The zero-order chi connectivity index (χ0) is 23.4. The minimum atomic E-state index is -0.658. The molecule has 0 radical (unpaired) electrons. The highest BCUT2D eigenvalue weighted by Gasteiger charge is 2.46. The van der Waals surface area contributed by atoms with Gasteiger partial charge in [-0.25, -0.2) is 0 Å². The van der Waals surface area contributed by atoms with E-state index in [-0.39, 0.29) is 11.3 Å². The van der Waals surface area contributed by atoms with Gasteiger partial charge in [0.1, 0.15) is 18.1 Å². The number of thiophene rings is 1. The molecular weight excluding hydrogens is 436 g/mol. The van der Waals surface area contributed by atoms with Gasteiger partial charge in [0.25, 0.3) is 11.7 Å². The second-order valence-corrected chi connectivity index (χ2v) is 9.09. The Labute approximate surface area is 197 Å². The van der Waals surface area contributed by atoms with Gasteiger partial charge in [-0.1, -0.05) is 36.4 Å². The molecule has 1 aliphatic heterocycles. The fourth-order valence-electron chi connectivity index (χ4n) is 3.77. The highest BCUT2D eigenvalue weighted by Crippen LogP contribution is 2.41. The maximum atomic E-state index is 13.0. The van der Waals surface area contributed by atoms with E-state index in [4.69, 9.17) is 4.74 Å². The van der Waals surface area contributed by atoms with Gasteiger partial charge >= 0.3 is 0 Å². The van der Waals surface area contributed by atoms with Crippen LogP contribution in [0.4, 0.5) is 0 Å². The number of carbonyl (C=O) groups is 2. The first-order chi connectivity index (χ1) is 16.0. The molecule has 1 amide bonds. The first kappa shape index (κ1) is 22.8. The second-order valence-electron chi connectivity index (χ2n) is 8.11. The lowest BCUT2D eigenvalue weighted by Crippen LogP contribution is -2.35. The predicted octanol–water partition coefficient (Wildman–Crippen LogP) is 4.31. The van der Waals surface area contributed by atoms with Crippen LogP contribution in [0.15, 0.2) is 77.7 Å². The maximum absolute atomic E-state index is 13.0. The van der Waals surface area contributed by atoms with Crippen LogP contribution in [0.2, 0.25) is 0 Å². The Balaban J connectivity index is 1.61. The summed E-state index contributed by atoms with van der Waals surface area (Å²) < 4.78 is 5.81. The smallest absolute Gasteiger partial charge is 0.295 e. The van der Waals surface area contributed by atoms with E-state index in [0.29, 0.717) is 31.0 Å². The van der Waals surface area contributed by atoms with Gasteiger partial charge in [-0.15, -0.1) is 11.3 Å². The van der Waals surface area contributed by atoms with Crippen molar-refractivity contribution in [3.05, 3.63) is 93.7 Å². The number of likely N-dealkylation sites (tertiary alicyclic amines) is 1. The Morgan fingerprint density at radius 3 is 2.39 bits per heavy atom. The molecular formula is C26H26N2O4S. The van der Waals surface area contributed by atoms with E-state index in [0.717, 1.165) is 10.4 Å². The zero-order valence-electron chi connectivity index (χ0n) is 18.6. The van der Waals surface area contributed by atoms with Crippen molar-refractivity contribution in [3.63, 3.8) is 0 Å². The van der Waals surface area contributed by atoms with Crippen molar-refractivity contribution in [3.8, 4) is 5.75 Å². The minimum absolute atomic E-state index is 0.124. The molecule has 0 bridgehead atoms. The molecule has 1 saturated heterocycles. The van der Waals surface area contributed by atoms with Crippen molar-refractivity contribution in [1.82, 2.24) is 9.80 Å². The molecule has 1 fully saturated rings. The van der Waals surface area contributed by atoms with Crippen molar-refractivity contribution >= 4 is 28.8 Å². The van der Waals surface area contributed by atoms with Crippen LogP contribution in [-0.4, -0.2) is 53.8 Å². The summed E-state index contributed by atoms with van der Waals surface area (Å²) in [6.45, 7) is 1.44. The Kier molecular flexibility index (Phi) is 6.91. The number of nitrogens with zero attached hydrogens (tertiary/aromatic N) is 2. The average Bonchev–Trinajstić information content (AvgIpc) is 3.44. The quantitative estimate of drug-likeness (QED) is 0.307. The lowest BCUT2D eigenvalue weighted by molar-refractivity contribution is -0.140. The molecule has 2 aromatic carbocycles. The number of ketones is 1. The van der Waals surface area contributed by atoms with Crippen LogP contribution >= 0.6 is 11.3 Å². The monoisotopic (exact) mass is 462 g/mol. The number of likely N-dealkylation sites (N-methyl/N-ethyl adjacent to an activating group) is 1. The summed E-state index contributed by atoms with van der Waals surface area (Å²) >= 11 is 1.46. The summed E-state index contributed by atoms with van der Waals surface area (Å²) in [5.74, 6) is -0.765. The molecule has 0 saturated carbocycles. The van der Waals surface area contributed by atoms with Gasteiger partial charge in [0.15, 0.2) is 0 Å². The van der Waals surface area contributed by atoms with Crippen molar-refractivity contribution in [2.24, 2.45) is 0 Å². The van der Waals surface area contributed by atoms with Gasteiger partial charge in [-0.3, -0.25) is 9.59 Å². The van der Waals surface area contributed by atoms with Crippen LogP contribution in [-0.2, 0) is 16.2 Å². The first-order valence-corrected chi connectivity index (χ1v) is 11.6. The van der Waals surface area contributed by atoms with E-state index in [1.165, 1.54) is 11.3 Å². The minimum Gasteiger partial charge on any atom is -0.507 e. The summed E-state index contributed by atoms with van der Waals surface area (Å²) in [7, 11) is 3.83. The van der Waals surface area contributed by atoms with Gasteiger partial charge in [-0.2, -0.15) is 0 Å². The number of amides is 1. The van der Waals surface area contributed by atoms with Gasteiger partial charge in [0.05, 0.1) is 11.6 Å². The van der Waals surface area contributed by atoms with Gasteiger partial charge in [-0.05, 0) is 55.4 Å².